The Balaban J connectivity index is 2.27. The molecular formula is C19H21BrN2O2. The number of anilines is 2. The van der Waals surface area contributed by atoms with E-state index in [1.54, 1.807) is 4.90 Å². The van der Waals surface area contributed by atoms with Crippen LogP contribution >= 0.6 is 15.9 Å². The van der Waals surface area contributed by atoms with Gasteiger partial charge in [-0.3, -0.25) is 9.59 Å². The van der Waals surface area contributed by atoms with E-state index in [1.807, 2.05) is 62.4 Å². The van der Waals surface area contributed by atoms with Gasteiger partial charge in [0, 0.05) is 23.6 Å². The molecule has 0 spiro atoms. The van der Waals surface area contributed by atoms with Crippen LogP contribution in [-0.4, -0.2) is 24.9 Å². The highest BCUT2D eigenvalue weighted by Crippen LogP contribution is 2.26. The van der Waals surface area contributed by atoms with Gasteiger partial charge in [0.15, 0.2) is 0 Å². The summed E-state index contributed by atoms with van der Waals surface area (Å²) in [6, 6.07) is 15.2. The monoisotopic (exact) mass is 388 g/mol. The molecule has 0 aromatic heterocycles. The Morgan fingerprint density at radius 2 is 1.75 bits per heavy atom. The minimum absolute atomic E-state index is 0.000269. The van der Waals surface area contributed by atoms with Crippen LogP contribution in [0.15, 0.2) is 53.0 Å². The van der Waals surface area contributed by atoms with Gasteiger partial charge in [-0.25, -0.2) is 0 Å². The Morgan fingerprint density at radius 3 is 2.33 bits per heavy atom. The number of likely N-dealkylation sites (N-methyl/N-ethyl adjacent to an activating group) is 1. The second-order valence-corrected chi connectivity index (χ2v) is 6.39. The van der Waals surface area contributed by atoms with E-state index in [4.69, 9.17) is 0 Å². The lowest BCUT2D eigenvalue weighted by Crippen LogP contribution is -2.42. The highest BCUT2D eigenvalue weighted by Gasteiger charge is 2.22. The molecular weight excluding hydrogens is 368 g/mol. The largest absolute Gasteiger partial charge is 0.311 e. The highest BCUT2D eigenvalue weighted by atomic mass is 79.9. The zero-order valence-corrected chi connectivity index (χ0v) is 15.7. The first-order valence-electron chi connectivity index (χ1n) is 7.83. The number of carbonyl (C=O) groups is 2. The highest BCUT2D eigenvalue weighted by molar-refractivity contribution is 9.10. The molecule has 2 aromatic carbocycles. The molecule has 126 valence electrons. The van der Waals surface area contributed by atoms with Gasteiger partial charge < -0.3 is 9.80 Å². The van der Waals surface area contributed by atoms with E-state index in [2.05, 4.69) is 15.9 Å². The molecule has 24 heavy (non-hydrogen) atoms. The standard InChI is InChI=1S/C19H21BrN2O2/c1-4-21(16-9-7-8-14(2)12-16)19(24)13-22(15(3)23)18-11-6-5-10-17(18)20/h5-12H,4,13H2,1-3H3. The minimum atomic E-state index is -0.171. The third-order valence-electron chi connectivity index (χ3n) is 3.75. The van der Waals surface area contributed by atoms with Gasteiger partial charge in [0.1, 0.15) is 6.54 Å². The summed E-state index contributed by atoms with van der Waals surface area (Å²) >= 11 is 3.44. The van der Waals surface area contributed by atoms with Crippen LogP contribution in [0.2, 0.25) is 0 Å². The van der Waals surface area contributed by atoms with Gasteiger partial charge in [-0.1, -0.05) is 24.3 Å². The van der Waals surface area contributed by atoms with Crippen molar-refractivity contribution in [2.24, 2.45) is 0 Å². The molecule has 5 heteroatoms. The van der Waals surface area contributed by atoms with Crippen LogP contribution in [0.5, 0.6) is 0 Å². The molecule has 0 saturated carbocycles. The summed E-state index contributed by atoms with van der Waals surface area (Å²) in [5.74, 6) is -0.287. The summed E-state index contributed by atoms with van der Waals surface area (Å²) in [6.07, 6.45) is 0. The molecule has 0 atom stereocenters. The quantitative estimate of drug-likeness (QED) is 0.771. The predicted molar refractivity (Wildman–Crippen MR) is 101 cm³/mol. The Kier molecular flexibility index (Phi) is 6.15. The van der Waals surface area contributed by atoms with E-state index in [-0.39, 0.29) is 18.4 Å². The second kappa shape index (κ2) is 8.11. The first-order valence-corrected chi connectivity index (χ1v) is 8.63. The second-order valence-electron chi connectivity index (χ2n) is 5.53. The van der Waals surface area contributed by atoms with Gasteiger partial charge in [-0.15, -0.1) is 0 Å². The SMILES string of the molecule is CCN(C(=O)CN(C(C)=O)c1ccccc1Br)c1cccc(C)c1. The summed E-state index contributed by atoms with van der Waals surface area (Å²) in [4.78, 5) is 28.1. The van der Waals surface area contributed by atoms with E-state index in [1.165, 1.54) is 11.8 Å². The van der Waals surface area contributed by atoms with Crippen LogP contribution in [0.1, 0.15) is 19.4 Å². The van der Waals surface area contributed by atoms with Gasteiger partial charge in [-0.05, 0) is 59.6 Å². The van der Waals surface area contributed by atoms with E-state index < -0.39 is 0 Å². The molecule has 0 aliphatic heterocycles. The number of amides is 2. The Morgan fingerprint density at radius 1 is 1.04 bits per heavy atom. The van der Waals surface area contributed by atoms with Crippen molar-refractivity contribution in [2.75, 3.05) is 22.9 Å². The van der Waals surface area contributed by atoms with E-state index in [0.717, 1.165) is 15.7 Å². The Bertz CT molecular complexity index is 746. The maximum absolute atomic E-state index is 12.8. The number of halogens is 1. The maximum atomic E-state index is 12.8. The zero-order chi connectivity index (χ0) is 17.7. The zero-order valence-electron chi connectivity index (χ0n) is 14.1. The average Bonchev–Trinajstić information content (AvgIpc) is 2.54. The number of benzene rings is 2. The molecule has 4 nitrogen and oxygen atoms in total. The fourth-order valence-electron chi connectivity index (χ4n) is 2.56. The number of rotatable bonds is 5. The first-order chi connectivity index (χ1) is 11.4. The van der Waals surface area contributed by atoms with Gasteiger partial charge in [-0.2, -0.15) is 0 Å². The molecule has 0 radical (unpaired) electrons. The molecule has 0 fully saturated rings. The van der Waals surface area contributed by atoms with Crippen molar-refractivity contribution in [1.29, 1.82) is 0 Å². The van der Waals surface area contributed by atoms with Crippen LogP contribution in [0, 0.1) is 6.92 Å². The first kappa shape index (κ1) is 18.2. The van der Waals surface area contributed by atoms with Gasteiger partial charge in [0.25, 0.3) is 0 Å². The van der Waals surface area contributed by atoms with E-state index >= 15 is 0 Å². The summed E-state index contributed by atoms with van der Waals surface area (Å²) in [5.41, 5.74) is 2.63. The topological polar surface area (TPSA) is 40.6 Å². The van der Waals surface area contributed by atoms with Gasteiger partial charge >= 0.3 is 0 Å². The van der Waals surface area contributed by atoms with E-state index in [0.29, 0.717) is 12.2 Å². The molecule has 0 aliphatic carbocycles. The molecule has 2 amide bonds. The lowest BCUT2D eigenvalue weighted by molar-refractivity contribution is -0.121. The molecule has 0 unspecified atom stereocenters. The molecule has 0 aliphatic rings. The molecule has 2 aromatic rings. The number of hydrogen-bond acceptors (Lipinski definition) is 2. The number of para-hydroxylation sites is 1. The summed E-state index contributed by atoms with van der Waals surface area (Å²) < 4.78 is 0.784. The lowest BCUT2D eigenvalue weighted by atomic mass is 10.2. The van der Waals surface area contributed by atoms with E-state index in [9.17, 15) is 9.59 Å². The average molecular weight is 389 g/mol. The molecule has 0 heterocycles. The molecule has 0 bridgehead atoms. The van der Waals surface area contributed by atoms with Crippen molar-refractivity contribution in [2.45, 2.75) is 20.8 Å². The Hall–Kier alpha value is -2.14. The summed E-state index contributed by atoms with van der Waals surface area (Å²) in [7, 11) is 0. The van der Waals surface area contributed by atoms with Crippen molar-refractivity contribution in [3.05, 3.63) is 58.6 Å². The molecule has 0 saturated heterocycles. The van der Waals surface area contributed by atoms with Crippen LogP contribution < -0.4 is 9.80 Å². The van der Waals surface area contributed by atoms with Gasteiger partial charge in [0.2, 0.25) is 11.8 Å². The Labute approximate surface area is 151 Å². The lowest BCUT2D eigenvalue weighted by Gasteiger charge is -2.27. The fourth-order valence-corrected chi connectivity index (χ4v) is 3.05. The van der Waals surface area contributed by atoms with Gasteiger partial charge in [0.05, 0.1) is 5.69 Å². The minimum Gasteiger partial charge on any atom is -0.311 e. The van der Waals surface area contributed by atoms with Crippen LogP contribution in [0.25, 0.3) is 0 Å². The number of carbonyl (C=O) groups excluding carboxylic acids is 2. The number of hydrogen-bond donors (Lipinski definition) is 0. The van der Waals surface area contributed by atoms with Crippen molar-refractivity contribution in [3.63, 3.8) is 0 Å². The molecule has 0 N–H and O–H groups in total. The third-order valence-corrected chi connectivity index (χ3v) is 4.42. The predicted octanol–water partition coefficient (Wildman–Crippen LogP) is 4.16. The van der Waals surface area contributed by atoms with Crippen molar-refractivity contribution in [1.82, 2.24) is 0 Å². The molecule has 2 rings (SSSR count). The number of aryl methyl sites for hydroxylation is 1. The summed E-state index contributed by atoms with van der Waals surface area (Å²) in [6.45, 7) is 5.93. The third kappa shape index (κ3) is 4.23. The number of nitrogens with zero attached hydrogens (tertiary/aromatic N) is 2. The van der Waals surface area contributed by atoms with Crippen LogP contribution in [0.4, 0.5) is 11.4 Å². The fraction of sp³-hybridized carbons (Fsp3) is 0.263. The van der Waals surface area contributed by atoms with Crippen molar-refractivity contribution in [3.8, 4) is 0 Å². The van der Waals surface area contributed by atoms with Crippen LogP contribution in [-0.2, 0) is 9.59 Å². The smallest absolute Gasteiger partial charge is 0.247 e. The normalized spacial score (nSPS) is 10.3. The van der Waals surface area contributed by atoms with Crippen molar-refractivity contribution < 1.29 is 9.59 Å². The van der Waals surface area contributed by atoms with Crippen molar-refractivity contribution >= 4 is 39.1 Å². The maximum Gasteiger partial charge on any atom is 0.247 e. The van der Waals surface area contributed by atoms with Crippen LogP contribution in [0.3, 0.4) is 0 Å². The summed E-state index contributed by atoms with van der Waals surface area (Å²) in [5, 5.41) is 0.